The first kappa shape index (κ1) is 15.0. The van der Waals surface area contributed by atoms with E-state index >= 15 is 0 Å². The van der Waals surface area contributed by atoms with E-state index in [1.54, 1.807) is 0 Å². The van der Waals surface area contributed by atoms with Gasteiger partial charge >= 0.3 is 0 Å². The third-order valence-electron chi connectivity index (χ3n) is 4.50. The first-order valence-electron chi connectivity index (χ1n) is 7.35. The summed E-state index contributed by atoms with van der Waals surface area (Å²) in [7, 11) is 0. The van der Waals surface area contributed by atoms with Crippen LogP contribution >= 0.6 is 0 Å². The molecule has 1 fully saturated rings. The van der Waals surface area contributed by atoms with Crippen LogP contribution in [-0.2, 0) is 0 Å². The second kappa shape index (κ2) is 6.19. The number of hydrogen-bond donors (Lipinski definition) is 1. The summed E-state index contributed by atoms with van der Waals surface area (Å²) in [5, 5.41) is 0. The molecule has 1 aliphatic rings. The van der Waals surface area contributed by atoms with Crippen molar-refractivity contribution in [2.75, 3.05) is 19.6 Å². The lowest BCUT2D eigenvalue weighted by Gasteiger charge is -2.45. The van der Waals surface area contributed by atoms with Gasteiger partial charge in [-0.1, -0.05) is 41.0 Å². The molecule has 0 aromatic heterocycles. The number of rotatable bonds is 5. The van der Waals surface area contributed by atoms with Crippen molar-refractivity contribution >= 4 is 0 Å². The van der Waals surface area contributed by atoms with Crippen LogP contribution in [0.5, 0.6) is 0 Å². The van der Waals surface area contributed by atoms with Crippen molar-refractivity contribution in [3.8, 4) is 0 Å². The molecule has 0 bridgehead atoms. The fraction of sp³-hybridized carbons (Fsp3) is 1.00. The molecule has 2 heteroatoms. The van der Waals surface area contributed by atoms with Crippen molar-refractivity contribution in [1.82, 2.24) is 4.90 Å². The van der Waals surface area contributed by atoms with E-state index in [-0.39, 0.29) is 5.41 Å². The van der Waals surface area contributed by atoms with Crippen LogP contribution in [0.4, 0.5) is 0 Å². The summed E-state index contributed by atoms with van der Waals surface area (Å²) in [5.74, 6) is 1.68. The Labute approximate surface area is 108 Å². The predicted octanol–water partition coefficient (Wildman–Crippen LogP) is 3.12. The lowest BCUT2D eigenvalue weighted by atomic mass is 9.77. The van der Waals surface area contributed by atoms with Gasteiger partial charge in [0.05, 0.1) is 0 Å². The molecule has 0 radical (unpaired) electrons. The second-order valence-electron chi connectivity index (χ2n) is 6.81. The van der Waals surface area contributed by atoms with Crippen LogP contribution < -0.4 is 5.73 Å². The van der Waals surface area contributed by atoms with Gasteiger partial charge in [0.15, 0.2) is 0 Å². The molecule has 1 saturated carbocycles. The molecule has 2 unspecified atom stereocenters. The number of hydrogen-bond acceptors (Lipinski definition) is 2. The smallest absolute Gasteiger partial charge is 0.0147 e. The highest BCUT2D eigenvalue weighted by molar-refractivity contribution is 4.88. The SMILES string of the molecule is CCN(CC(C)(C)CN)C1C(C)CCCC1C. The molecule has 0 spiro atoms. The van der Waals surface area contributed by atoms with E-state index in [1.807, 2.05) is 0 Å². The van der Waals surface area contributed by atoms with Gasteiger partial charge in [0.25, 0.3) is 0 Å². The van der Waals surface area contributed by atoms with Crippen LogP contribution in [0.15, 0.2) is 0 Å². The average molecular weight is 240 g/mol. The van der Waals surface area contributed by atoms with Gasteiger partial charge in [-0.05, 0) is 43.2 Å². The molecular weight excluding hydrogens is 208 g/mol. The maximum Gasteiger partial charge on any atom is 0.0147 e. The van der Waals surface area contributed by atoms with E-state index < -0.39 is 0 Å². The number of nitrogens with zero attached hydrogens (tertiary/aromatic N) is 1. The van der Waals surface area contributed by atoms with Crippen LogP contribution in [-0.4, -0.2) is 30.6 Å². The van der Waals surface area contributed by atoms with Crippen LogP contribution in [0, 0.1) is 17.3 Å². The van der Waals surface area contributed by atoms with E-state index in [1.165, 1.54) is 19.3 Å². The highest BCUT2D eigenvalue weighted by Gasteiger charge is 2.34. The Hall–Kier alpha value is -0.0800. The molecule has 2 nitrogen and oxygen atoms in total. The first-order chi connectivity index (χ1) is 7.91. The summed E-state index contributed by atoms with van der Waals surface area (Å²) in [6, 6.07) is 0.763. The fourth-order valence-corrected chi connectivity index (χ4v) is 3.43. The maximum atomic E-state index is 5.88. The molecule has 0 amide bonds. The van der Waals surface area contributed by atoms with Crippen molar-refractivity contribution in [3.05, 3.63) is 0 Å². The third kappa shape index (κ3) is 3.96. The third-order valence-corrected chi connectivity index (χ3v) is 4.50. The Morgan fingerprint density at radius 1 is 1.18 bits per heavy atom. The predicted molar refractivity (Wildman–Crippen MR) is 76.0 cm³/mol. The minimum absolute atomic E-state index is 0.243. The molecule has 0 aromatic rings. The normalized spacial score (nSPS) is 30.9. The largest absolute Gasteiger partial charge is 0.330 e. The van der Waals surface area contributed by atoms with Crippen molar-refractivity contribution in [3.63, 3.8) is 0 Å². The minimum Gasteiger partial charge on any atom is -0.330 e. The Morgan fingerprint density at radius 2 is 1.71 bits per heavy atom. The molecular formula is C15H32N2. The molecule has 1 aliphatic carbocycles. The molecule has 0 heterocycles. The van der Waals surface area contributed by atoms with Crippen molar-refractivity contribution in [2.24, 2.45) is 23.0 Å². The first-order valence-corrected chi connectivity index (χ1v) is 7.35. The zero-order chi connectivity index (χ0) is 13.1. The molecule has 0 saturated heterocycles. The fourth-order valence-electron chi connectivity index (χ4n) is 3.43. The van der Waals surface area contributed by atoms with E-state index in [2.05, 4.69) is 39.5 Å². The van der Waals surface area contributed by atoms with Crippen LogP contribution in [0.2, 0.25) is 0 Å². The monoisotopic (exact) mass is 240 g/mol. The Balaban J connectivity index is 2.71. The van der Waals surface area contributed by atoms with Gasteiger partial charge in [0.2, 0.25) is 0 Å². The molecule has 0 aromatic carbocycles. The van der Waals surface area contributed by atoms with E-state index in [4.69, 9.17) is 5.73 Å². The minimum atomic E-state index is 0.243. The lowest BCUT2D eigenvalue weighted by Crippen LogP contribution is -2.50. The van der Waals surface area contributed by atoms with Gasteiger partial charge in [0.1, 0.15) is 0 Å². The maximum absolute atomic E-state index is 5.88. The lowest BCUT2D eigenvalue weighted by molar-refractivity contribution is 0.0458. The average Bonchev–Trinajstić information content (AvgIpc) is 2.27. The van der Waals surface area contributed by atoms with Crippen molar-refractivity contribution in [2.45, 2.75) is 59.9 Å². The van der Waals surface area contributed by atoms with Crippen LogP contribution in [0.25, 0.3) is 0 Å². The van der Waals surface area contributed by atoms with Gasteiger partial charge in [-0.15, -0.1) is 0 Å². The molecule has 2 atom stereocenters. The molecule has 1 rings (SSSR count). The van der Waals surface area contributed by atoms with Crippen LogP contribution in [0.1, 0.15) is 53.9 Å². The van der Waals surface area contributed by atoms with E-state index in [0.717, 1.165) is 37.5 Å². The van der Waals surface area contributed by atoms with Gasteiger partial charge in [-0.25, -0.2) is 0 Å². The highest BCUT2D eigenvalue weighted by Crippen LogP contribution is 2.34. The standard InChI is InChI=1S/C15H32N2/c1-6-17(11-15(4,5)10-16)14-12(2)8-7-9-13(14)3/h12-14H,6-11,16H2,1-5H3. The number of nitrogens with two attached hydrogens (primary N) is 1. The summed E-state index contributed by atoms with van der Waals surface area (Å²) >= 11 is 0. The quantitative estimate of drug-likeness (QED) is 0.800. The molecule has 0 aliphatic heterocycles. The second-order valence-corrected chi connectivity index (χ2v) is 6.81. The Kier molecular flexibility index (Phi) is 5.46. The topological polar surface area (TPSA) is 29.3 Å². The summed E-state index contributed by atoms with van der Waals surface area (Å²) in [6.45, 7) is 14.8. The molecule has 102 valence electrons. The Bertz CT molecular complexity index is 215. The van der Waals surface area contributed by atoms with Crippen LogP contribution in [0.3, 0.4) is 0 Å². The van der Waals surface area contributed by atoms with Gasteiger partial charge in [-0.2, -0.15) is 0 Å². The molecule has 2 N–H and O–H groups in total. The van der Waals surface area contributed by atoms with Gasteiger partial charge in [0, 0.05) is 12.6 Å². The summed E-state index contributed by atoms with van der Waals surface area (Å²) in [5.41, 5.74) is 6.12. The zero-order valence-corrected chi connectivity index (χ0v) is 12.5. The van der Waals surface area contributed by atoms with Crippen molar-refractivity contribution < 1.29 is 0 Å². The van der Waals surface area contributed by atoms with E-state index in [9.17, 15) is 0 Å². The van der Waals surface area contributed by atoms with Crippen molar-refractivity contribution in [1.29, 1.82) is 0 Å². The highest BCUT2D eigenvalue weighted by atomic mass is 15.2. The molecule has 17 heavy (non-hydrogen) atoms. The summed E-state index contributed by atoms with van der Waals surface area (Å²) in [4.78, 5) is 2.68. The van der Waals surface area contributed by atoms with Gasteiger partial charge < -0.3 is 5.73 Å². The van der Waals surface area contributed by atoms with Gasteiger partial charge in [-0.3, -0.25) is 4.90 Å². The summed E-state index contributed by atoms with van der Waals surface area (Å²) < 4.78 is 0. The van der Waals surface area contributed by atoms with E-state index in [0.29, 0.717) is 0 Å². The zero-order valence-electron chi connectivity index (χ0n) is 12.5. The Morgan fingerprint density at radius 3 is 2.12 bits per heavy atom. The summed E-state index contributed by atoms with van der Waals surface area (Å²) in [6.07, 6.45) is 4.21.